The second-order valence-corrected chi connectivity index (χ2v) is 8.03. The summed E-state index contributed by atoms with van der Waals surface area (Å²) in [6, 6.07) is 8.16. The van der Waals surface area contributed by atoms with Gasteiger partial charge in [-0.05, 0) is 56.0 Å². The summed E-state index contributed by atoms with van der Waals surface area (Å²) < 4.78 is 13.6. The fourth-order valence-electron chi connectivity index (χ4n) is 3.73. The van der Waals surface area contributed by atoms with E-state index in [9.17, 15) is 9.18 Å². The lowest BCUT2D eigenvalue weighted by atomic mass is 9.99. The number of amides is 1. The highest BCUT2D eigenvalue weighted by Crippen LogP contribution is 2.31. The molecule has 2 aromatic heterocycles. The highest BCUT2D eigenvalue weighted by atomic mass is 35.5. The number of piperidine rings is 1. The first kappa shape index (κ1) is 19.6. The average molecular weight is 413 g/mol. The van der Waals surface area contributed by atoms with Crippen molar-refractivity contribution in [3.8, 4) is 0 Å². The molecule has 0 radical (unpaired) electrons. The van der Waals surface area contributed by atoms with Gasteiger partial charge in [0, 0.05) is 36.1 Å². The van der Waals surface area contributed by atoms with Gasteiger partial charge in [-0.1, -0.05) is 18.5 Å². The van der Waals surface area contributed by atoms with E-state index < -0.39 is 5.82 Å². The second-order valence-electron chi connectivity index (χ2n) is 7.62. The zero-order chi connectivity index (χ0) is 20.5. The maximum absolute atomic E-state index is 13.6. The average Bonchev–Trinajstić information content (AvgIpc) is 2.70. The van der Waals surface area contributed by atoms with Gasteiger partial charge in [0.15, 0.2) is 5.65 Å². The molecule has 150 valence electrons. The highest BCUT2D eigenvalue weighted by molar-refractivity contribution is 6.31. The molecule has 1 fully saturated rings. The molecule has 0 unspecified atom stereocenters. The monoisotopic (exact) mass is 412 g/mol. The molecule has 0 spiro atoms. The molecule has 3 heterocycles. The topological polar surface area (TPSA) is 58.1 Å². The van der Waals surface area contributed by atoms with Crippen LogP contribution < -0.4 is 5.32 Å². The van der Waals surface area contributed by atoms with E-state index in [1.54, 1.807) is 12.3 Å². The number of aromatic nitrogens is 2. The number of carbonyl (C=O) groups excluding carboxylic acids is 1. The number of hydrogen-bond acceptors (Lipinski definition) is 4. The zero-order valence-electron chi connectivity index (χ0n) is 16.4. The number of halogens is 2. The predicted octanol–water partition coefficient (Wildman–Crippen LogP) is 5.35. The molecule has 4 rings (SSSR count). The number of carbonyl (C=O) groups is 1. The molecule has 1 saturated heterocycles. The number of aryl methyl sites for hydroxylation is 1. The minimum atomic E-state index is -0.493. The van der Waals surface area contributed by atoms with Crippen molar-refractivity contribution in [1.82, 2.24) is 14.9 Å². The Morgan fingerprint density at radius 3 is 2.90 bits per heavy atom. The van der Waals surface area contributed by atoms with Crippen molar-refractivity contribution >= 4 is 39.9 Å². The SMILES string of the molecule is Cc1ccc2c(Nc3ccc(F)c(Cl)c3)c(C(=O)N3CCC[C@@H](C)C3)cnc2n1. The van der Waals surface area contributed by atoms with Crippen LogP contribution in [0.5, 0.6) is 0 Å². The van der Waals surface area contributed by atoms with Crippen molar-refractivity contribution in [2.75, 3.05) is 18.4 Å². The first-order chi connectivity index (χ1) is 13.9. The van der Waals surface area contributed by atoms with Gasteiger partial charge in [0.2, 0.25) is 0 Å². The molecule has 0 saturated carbocycles. The van der Waals surface area contributed by atoms with Crippen molar-refractivity contribution in [3.05, 3.63) is 58.6 Å². The summed E-state index contributed by atoms with van der Waals surface area (Å²) in [4.78, 5) is 24.1. The van der Waals surface area contributed by atoms with E-state index in [2.05, 4.69) is 22.2 Å². The van der Waals surface area contributed by atoms with Gasteiger partial charge in [-0.3, -0.25) is 4.79 Å². The number of likely N-dealkylation sites (tertiary alicyclic amines) is 1. The first-order valence-corrected chi connectivity index (χ1v) is 10.1. The lowest BCUT2D eigenvalue weighted by Crippen LogP contribution is -2.39. The van der Waals surface area contributed by atoms with Crippen LogP contribution in [0, 0.1) is 18.7 Å². The van der Waals surface area contributed by atoms with Gasteiger partial charge in [-0.2, -0.15) is 0 Å². The second kappa shape index (κ2) is 7.95. The molecule has 29 heavy (non-hydrogen) atoms. The maximum Gasteiger partial charge on any atom is 0.257 e. The van der Waals surface area contributed by atoms with Gasteiger partial charge in [0.25, 0.3) is 5.91 Å². The normalized spacial score (nSPS) is 16.8. The molecule has 1 aromatic carbocycles. The molecule has 3 aromatic rings. The molecule has 1 aliphatic rings. The van der Waals surface area contributed by atoms with E-state index in [1.807, 2.05) is 24.0 Å². The molecular weight excluding hydrogens is 391 g/mol. The molecule has 0 bridgehead atoms. The van der Waals surface area contributed by atoms with Crippen LogP contribution in [0.25, 0.3) is 11.0 Å². The number of rotatable bonds is 3. The predicted molar refractivity (Wildman–Crippen MR) is 113 cm³/mol. The number of hydrogen-bond donors (Lipinski definition) is 1. The Morgan fingerprint density at radius 1 is 1.31 bits per heavy atom. The summed E-state index contributed by atoms with van der Waals surface area (Å²) in [5, 5.41) is 4.00. The third-order valence-electron chi connectivity index (χ3n) is 5.23. The smallest absolute Gasteiger partial charge is 0.257 e. The minimum absolute atomic E-state index is 0.0139. The van der Waals surface area contributed by atoms with E-state index >= 15 is 0 Å². The molecule has 1 atom stereocenters. The van der Waals surface area contributed by atoms with Crippen LogP contribution in [0.3, 0.4) is 0 Å². The van der Waals surface area contributed by atoms with Crippen LogP contribution in [0.4, 0.5) is 15.8 Å². The lowest BCUT2D eigenvalue weighted by Gasteiger charge is -2.31. The first-order valence-electron chi connectivity index (χ1n) is 9.70. The molecule has 7 heteroatoms. The van der Waals surface area contributed by atoms with Crippen LogP contribution in [-0.4, -0.2) is 33.9 Å². The van der Waals surface area contributed by atoms with Crippen LogP contribution in [-0.2, 0) is 0 Å². The maximum atomic E-state index is 13.6. The van der Waals surface area contributed by atoms with Gasteiger partial charge in [0.1, 0.15) is 5.82 Å². The Balaban J connectivity index is 1.80. The van der Waals surface area contributed by atoms with Gasteiger partial charge in [-0.25, -0.2) is 14.4 Å². The number of nitrogens with zero attached hydrogens (tertiary/aromatic N) is 3. The molecule has 1 N–H and O–H groups in total. The minimum Gasteiger partial charge on any atom is -0.354 e. The zero-order valence-corrected chi connectivity index (χ0v) is 17.1. The van der Waals surface area contributed by atoms with Crippen molar-refractivity contribution < 1.29 is 9.18 Å². The largest absolute Gasteiger partial charge is 0.354 e. The van der Waals surface area contributed by atoms with Gasteiger partial charge < -0.3 is 10.2 Å². The quantitative estimate of drug-likeness (QED) is 0.630. The summed E-state index contributed by atoms with van der Waals surface area (Å²) >= 11 is 5.94. The van der Waals surface area contributed by atoms with Crippen molar-refractivity contribution in [1.29, 1.82) is 0 Å². The number of anilines is 2. The van der Waals surface area contributed by atoms with E-state index in [4.69, 9.17) is 11.6 Å². The number of fused-ring (bicyclic) bond motifs is 1. The van der Waals surface area contributed by atoms with Crippen molar-refractivity contribution in [2.45, 2.75) is 26.7 Å². The van der Waals surface area contributed by atoms with Crippen LogP contribution in [0.15, 0.2) is 36.5 Å². The Kier molecular flexibility index (Phi) is 5.37. The Hall–Kier alpha value is -2.73. The number of nitrogens with one attached hydrogen (secondary N) is 1. The van der Waals surface area contributed by atoms with E-state index in [0.717, 1.165) is 37.0 Å². The summed E-state index contributed by atoms with van der Waals surface area (Å²) in [6.45, 7) is 5.51. The van der Waals surface area contributed by atoms with E-state index in [0.29, 0.717) is 28.5 Å². The summed E-state index contributed by atoms with van der Waals surface area (Å²) in [5.74, 6) is -0.0901. The lowest BCUT2D eigenvalue weighted by molar-refractivity contribution is 0.0684. The Labute approximate surface area is 173 Å². The van der Waals surface area contributed by atoms with Gasteiger partial charge in [-0.15, -0.1) is 0 Å². The van der Waals surface area contributed by atoms with Crippen molar-refractivity contribution in [3.63, 3.8) is 0 Å². The van der Waals surface area contributed by atoms with E-state index in [-0.39, 0.29) is 10.9 Å². The van der Waals surface area contributed by atoms with Crippen LogP contribution in [0.2, 0.25) is 5.02 Å². The molecular formula is C22H22ClFN4O. The Morgan fingerprint density at radius 2 is 2.14 bits per heavy atom. The van der Waals surface area contributed by atoms with Gasteiger partial charge >= 0.3 is 0 Å². The van der Waals surface area contributed by atoms with Crippen molar-refractivity contribution in [2.24, 2.45) is 5.92 Å². The molecule has 0 aliphatic carbocycles. The number of benzene rings is 1. The van der Waals surface area contributed by atoms with E-state index in [1.165, 1.54) is 12.1 Å². The third-order valence-corrected chi connectivity index (χ3v) is 5.52. The summed E-state index contributed by atoms with van der Waals surface area (Å²) in [6.07, 6.45) is 3.69. The van der Waals surface area contributed by atoms with Gasteiger partial charge in [0.05, 0.1) is 16.3 Å². The fourth-order valence-corrected chi connectivity index (χ4v) is 3.91. The van der Waals surface area contributed by atoms with Crippen LogP contribution >= 0.6 is 11.6 Å². The summed E-state index contributed by atoms with van der Waals surface area (Å²) in [5.41, 5.74) is 3.05. The standard InChI is InChI=1S/C22H22ClFN4O/c1-13-4-3-9-28(12-13)22(29)17-11-25-21-16(7-5-14(2)26-21)20(17)27-15-6-8-19(24)18(23)10-15/h5-8,10-11,13H,3-4,9,12H2,1-2H3,(H,25,26,27)/t13-/m1/s1. The molecule has 1 amide bonds. The Bertz CT molecular complexity index is 1090. The fraction of sp³-hybridized carbons (Fsp3) is 0.318. The molecule has 5 nitrogen and oxygen atoms in total. The third kappa shape index (κ3) is 4.03. The highest BCUT2D eigenvalue weighted by Gasteiger charge is 2.25. The number of pyridine rings is 2. The van der Waals surface area contributed by atoms with Crippen LogP contribution in [0.1, 0.15) is 35.8 Å². The summed E-state index contributed by atoms with van der Waals surface area (Å²) in [7, 11) is 0. The molecule has 1 aliphatic heterocycles.